The van der Waals surface area contributed by atoms with Crippen LogP contribution in [0.15, 0.2) is 85.2 Å². The molecule has 42 heavy (non-hydrogen) atoms. The predicted molar refractivity (Wildman–Crippen MR) is 167 cm³/mol. The second-order valence-electron chi connectivity index (χ2n) is 11.6. The summed E-state index contributed by atoms with van der Waals surface area (Å²) in [6.45, 7) is 11.1. The number of rotatable bonds is 7. The molecule has 9 heteroatoms. The summed E-state index contributed by atoms with van der Waals surface area (Å²) in [4.78, 5) is 36.1. The van der Waals surface area contributed by atoms with Gasteiger partial charge in [-0.2, -0.15) is 0 Å². The van der Waals surface area contributed by atoms with E-state index in [0.29, 0.717) is 25.4 Å². The van der Waals surface area contributed by atoms with Gasteiger partial charge in [0.05, 0.1) is 6.04 Å². The Morgan fingerprint density at radius 1 is 0.952 bits per heavy atom. The summed E-state index contributed by atoms with van der Waals surface area (Å²) >= 11 is 1.58. The molecule has 2 saturated heterocycles. The number of nitrogens with zero attached hydrogens (tertiary/aromatic N) is 5. The van der Waals surface area contributed by atoms with E-state index in [2.05, 4.69) is 75.6 Å². The molecular formula is C33H41N5O3S. The average Bonchev–Trinajstić information content (AvgIpc) is 3.45. The van der Waals surface area contributed by atoms with E-state index in [4.69, 9.17) is 4.74 Å². The number of amides is 2. The molecule has 2 atom stereocenters. The molecule has 1 aromatic heterocycles. The fraction of sp³-hybridized carbons (Fsp3) is 0.424. The number of thioether (sulfide) groups is 1. The van der Waals surface area contributed by atoms with E-state index >= 15 is 0 Å². The highest BCUT2D eigenvalue weighted by molar-refractivity contribution is 7.99. The molecule has 2 aliphatic heterocycles. The van der Waals surface area contributed by atoms with Crippen LogP contribution in [0.5, 0.6) is 0 Å². The number of benzene rings is 2. The lowest BCUT2D eigenvalue weighted by Gasteiger charge is -2.44. The van der Waals surface area contributed by atoms with E-state index in [-0.39, 0.29) is 17.3 Å². The molecule has 0 spiro atoms. The van der Waals surface area contributed by atoms with Crippen LogP contribution in [0, 0.1) is 0 Å². The van der Waals surface area contributed by atoms with Crippen LogP contribution in [0.4, 0.5) is 4.79 Å². The van der Waals surface area contributed by atoms with Crippen molar-refractivity contribution in [2.75, 3.05) is 38.5 Å². The first-order valence-electron chi connectivity index (χ1n) is 14.7. The van der Waals surface area contributed by atoms with Crippen LogP contribution >= 0.6 is 11.8 Å². The number of ether oxygens (including phenoxy) is 1. The van der Waals surface area contributed by atoms with Gasteiger partial charge >= 0.3 is 6.09 Å². The number of aromatic nitrogens is 1. The van der Waals surface area contributed by atoms with Crippen LogP contribution in [0.2, 0.25) is 0 Å². The van der Waals surface area contributed by atoms with Crippen LogP contribution in [0.3, 0.4) is 0 Å². The van der Waals surface area contributed by atoms with Gasteiger partial charge in [0.1, 0.15) is 17.0 Å². The van der Waals surface area contributed by atoms with Gasteiger partial charge in [0.25, 0.3) is 5.91 Å². The Bertz CT molecular complexity index is 1270. The maximum atomic E-state index is 14.2. The van der Waals surface area contributed by atoms with Crippen molar-refractivity contribution in [1.29, 1.82) is 0 Å². The van der Waals surface area contributed by atoms with Crippen LogP contribution < -0.4 is 0 Å². The lowest BCUT2D eigenvalue weighted by atomic mass is 9.96. The summed E-state index contributed by atoms with van der Waals surface area (Å²) in [5.74, 6) is 0.427. The third-order valence-corrected chi connectivity index (χ3v) is 8.96. The average molecular weight is 588 g/mol. The van der Waals surface area contributed by atoms with Crippen molar-refractivity contribution in [1.82, 2.24) is 24.8 Å². The van der Waals surface area contributed by atoms with Crippen molar-refractivity contribution < 1.29 is 14.3 Å². The number of hydrogen-bond acceptors (Lipinski definition) is 7. The van der Waals surface area contributed by atoms with Gasteiger partial charge in [-0.25, -0.2) is 9.80 Å². The molecular weight excluding hydrogens is 546 g/mol. The molecule has 3 heterocycles. The fourth-order valence-electron chi connectivity index (χ4n) is 5.78. The molecule has 0 radical (unpaired) electrons. The Balaban J connectivity index is 1.33. The van der Waals surface area contributed by atoms with Crippen molar-refractivity contribution in [2.24, 2.45) is 0 Å². The summed E-state index contributed by atoms with van der Waals surface area (Å²) in [6, 6.07) is 24.5. The first kappa shape index (κ1) is 30.1. The van der Waals surface area contributed by atoms with Gasteiger partial charge in [0.2, 0.25) is 0 Å². The first-order chi connectivity index (χ1) is 20.3. The standard InChI is InChI=1S/C33H41N5O3S/c1-5-37(30(39)28-24-42-31(27-17-12-18-34-23-27)38(28)32(40)41-33(2,3)4)36-21-19-35(20-22-36)29(25-13-8-6-9-14-25)26-15-10-7-11-16-26/h6-18,23,28-29,31H,5,19-22,24H2,1-4H3. The molecule has 0 N–H and O–H groups in total. The molecule has 2 aliphatic rings. The second-order valence-corrected chi connectivity index (χ2v) is 12.8. The molecule has 3 aromatic rings. The number of piperazine rings is 1. The zero-order valence-corrected chi connectivity index (χ0v) is 25.7. The zero-order chi connectivity index (χ0) is 29.7. The second kappa shape index (κ2) is 13.3. The molecule has 222 valence electrons. The number of hydrazine groups is 1. The van der Waals surface area contributed by atoms with Gasteiger partial charge in [-0.15, -0.1) is 11.8 Å². The van der Waals surface area contributed by atoms with Crippen LogP contribution in [0.1, 0.15) is 55.8 Å². The molecule has 2 unspecified atom stereocenters. The van der Waals surface area contributed by atoms with Crippen molar-refractivity contribution >= 4 is 23.8 Å². The molecule has 0 bridgehead atoms. The maximum absolute atomic E-state index is 14.2. The third kappa shape index (κ3) is 6.80. The Morgan fingerprint density at radius 2 is 1.57 bits per heavy atom. The van der Waals surface area contributed by atoms with Crippen LogP contribution in [-0.4, -0.2) is 86.9 Å². The summed E-state index contributed by atoms with van der Waals surface area (Å²) in [5, 5.41) is 3.66. The lowest BCUT2D eigenvalue weighted by Crippen LogP contribution is -2.60. The van der Waals surface area contributed by atoms with Gasteiger partial charge in [-0.1, -0.05) is 66.7 Å². The van der Waals surface area contributed by atoms with Gasteiger partial charge in [-0.05, 0) is 44.9 Å². The van der Waals surface area contributed by atoms with Crippen molar-refractivity contribution in [3.8, 4) is 0 Å². The topological polar surface area (TPSA) is 69.2 Å². The molecule has 8 nitrogen and oxygen atoms in total. The highest BCUT2D eigenvalue weighted by Crippen LogP contribution is 2.42. The van der Waals surface area contributed by atoms with Gasteiger partial charge in [-0.3, -0.25) is 24.6 Å². The van der Waals surface area contributed by atoms with E-state index in [1.165, 1.54) is 11.1 Å². The number of carbonyl (C=O) groups is 2. The van der Waals surface area contributed by atoms with E-state index in [0.717, 1.165) is 18.7 Å². The number of hydrogen-bond donors (Lipinski definition) is 0. The van der Waals surface area contributed by atoms with E-state index < -0.39 is 17.7 Å². The number of carbonyl (C=O) groups excluding carboxylic acids is 2. The third-order valence-electron chi connectivity index (χ3n) is 7.64. The fourth-order valence-corrected chi connectivity index (χ4v) is 7.17. The lowest BCUT2D eigenvalue weighted by molar-refractivity contribution is -0.157. The summed E-state index contributed by atoms with van der Waals surface area (Å²) in [6.07, 6.45) is 2.99. The SMILES string of the molecule is CCN(C(=O)C1CSC(c2cccnc2)N1C(=O)OC(C)(C)C)N1CCN(C(c2ccccc2)c2ccccc2)CC1. The zero-order valence-electron chi connectivity index (χ0n) is 24.9. The van der Waals surface area contributed by atoms with E-state index in [1.54, 1.807) is 29.1 Å². The quantitative estimate of drug-likeness (QED) is 0.356. The van der Waals surface area contributed by atoms with Crippen LogP contribution in [-0.2, 0) is 9.53 Å². The minimum atomic E-state index is -0.674. The molecule has 2 fully saturated rings. The van der Waals surface area contributed by atoms with Crippen molar-refractivity contribution in [3.05, 3.63) is 102 Å². The summed E-state index contributed by atoms with van der Waals surface area (Å²) in [7, 11) is 0. The minimum Gasteiger partial charge on any atom is -0.444 e. The normalized spacial score (nSPS) is 20.1. The van der Waals surface area contributed by atoms with E-state index in [1.807, 2.05) is 44.8 Å². The van der Waals surface area contributed by atoms with Crippen molar-refractivity contribution in [2.45, 2.75) is 50.8 Å². The number of likely N-dealkylation sites (N-methyl/N-ethyl adjacent to an activating group) is 1. The van der Waals surface area contributed by atoms with Gasteiger partial charge < -0.3 is 4.74 Å². The Hall–Kier alpha value is -3.40. The molecule has 2 aromatic carbocycles. The summed E-state index contributed by atoms with van der Waals surface area (Å²) < 4.78 is 5.80. The highest BCUT2D eigenvalue weighted by Gasteiger charge is 2.46. The molecule has 5 rings (SSSR count). The Kier molecular flexibility index (Phi) is 9.50. The van der Waals surface area contributed by atoms with Gasteiger partial charge in [0, 0.05) is 56.4 Å². The van der Waals surface area contributed by atoms with Gasteiger partial charge in [0.15, 0.2) is 0 Å². The molecule has 0 aliphatic carbocycles. The monoisotopic (exact) mass is 587 g/mol. The van der Waals surface area contributed by atoms with Crippen LogP contribution in [0.25, 0.3) is 0 Å². The predicted octanol–water partition coefficient (Wildman–Crippen LogP) is 5.60. The molecule has 2 amide bonds. The molecule has 0 saturated carbocycles. The van der Waals surface area contributed by atoms with E-state index in [9.17, 15) is 9.59 Å². The maximum Gasteiger partial charge on any atom is 0.412 e. The Morgan fingerprint density at radius 3 is 2.10 bits per heavy atom. The minimum absolute atomic E-state index is 0.0710. The van der Waals surface area contributed by atoms with Crippen molar-refractivity contribution in [3.63, 3.8) is 0 Å². The summed E-state index contributed by atoms with van der Waals surface area (Å²) in [5.41, 5.74) is 2.73. The smallest absolute Gasteiger partial charge is 0.412 e. The largest absolute Gasteiger partial charge is 0.444 e. The highest BCUT2D eigenvalue weighted by atomic mass is 32.2. The Labute approximate surface area is 253 Å². The number of pyridine rings is 1. The first-order valence-corrected chi connectivity index (χ1v) is 15.7.